The molecule has 3 aromatic rings. The molecular weight excluding hydrogens is 348 g/mol. The third kappa shape index (κ3) is 5.36. The molecule has 2 aromatic carbocycles. The Morgan fingerprint density at radius 2 is 1.65 bits per heavy atom. The topological polar surface area (TPSA) is 59.1 Å². The SMILES string of the molecule is CC(C)Oc1ccc(Nc2cc(NCc3ccc(Cl)cc3)ncn2)cc1. The number of nitrogens with zero attached hydrogens (tertiary/aromatic N) is 2. The van der Waals surface area contributed by atoms with Gasteiger partial charge in [-0.2, -0.15) is 0 Å². The van der Waals surface area contributed by atoms with Gasteiger partial charge >= 0.3 is 0 Å². The molecule has 0 aliphatic carbocycles. The number of rotatable bonds is 7. The fraction of sp³-hybridized carbons (Fsp3) is 0.200. The summed E-state index contributed by atoms with van der Waals surface area (Å²) < 4.78 is 5.65. The zero-order valence-electron chi connectivity index (χ0n) is 14.7. The van der Waals surface area contributed by atoms with Gasteiger partial charge in [0.05, 0.1) is 6.10 Å². The second-order valence-corrected chi connectivity index (χ2v) is 6.52. The lowest BCUT2D eigenvalue weighted by Gasteiger charge is -2.11. The summed E-state index contributed by atoms with van der Waals surface area (Å²) in [4.78, 5) is 8.51. The molecule has 3 rings (SSSR count). The van der Waals surface area contributed by atoms with Crippen molar-refractivity contribution in [2.45, 2.75) is 26.5 Å². The second kappa shape index (κ2) is 8.54. The van der Waals surface area contributed by atoms with Gasteiger partial charge in [0.1, 0.15) is 23.7 Å². The second-order valence-electron chi connectivity index (χ2n) is 6.08. The van der Waals surface area contributed by atoms with Crippen LogP contribution in [0.4, 0.5) is 17.3 Å². The lowest BCUT2D eigenvalue weighted by atomic mass is 10.2. The van der Waals surface area contributed by atoms with E-state index < -0.39 is 0 Å². The molecule has 26 heavy (non-hydrogen) atoms. The van der Waals surface area contributed by atoms with Crippen LogP contribution in [0.25, 0.3) is 0 Å². The van der Waals surface area contributed by atoms with Crippen molar-refractivity contribution in [3.05, 3.63) is 71.5 Å². The molecule has 0 aliphatic rings. The van der Waals surface area contributed by atoms with Crippen LogP contribution in [0.15, 0.2) is 60.9 Å². The first-order valence-corrected chi connectivity index (χ1v) is 8.80. The van der Waals surface area contributed by atoms with Gasteiger partial charge in [-0.3, -0.25) is 0 Å². The molecule has 0 fully saturated rings. The molecule has 1 aromatic heterocycles. The van der Waals surface area contributed by atoms with Gasteiger partial charge in [-0.05, 0) is 55.8 Å². The number of anilines is 3. The number of nitrogens with one attached hydrogen (secondary N) is 2. The number of ether oxygens (including phenoxy) is 1. The zero-order valence-corrected chi connectivity index (χ0v) is 15.5. The molecule has 5 nitrogen and oxygen atoms in total. The fourth-order valence-electron chi connectivity index (χ4n) is 2.35. The Morgan fingerprint density at radius 1 is 0.962 bits per heavy atom. The van der Waals surface area contributed by atoms with Crippen LogP contribution >= 0.6 is 11.6 Å². The fourth-order valence-corrected chi connectivity index (χ4v) is 2.48. The third-order valence-electron chi connectivity index (χ3n) is 3.55. The van der Waals surface area contributed by atoms with Crippen LogP contribution in [-0.2, 0) is 6.54 Å². The highest BCUT2D eigenvalue weighted by molar-refractivity contribution is 6.30. The van der Waals surface area contributed by atoms with E-state index in [9.17, 15) is 0 Å². The monoisotopic (exact) mass is 368 g/mol. The molecule has 6 heteroatoms. The minimum atomic E-state index is 0.157. The van der Waals surface area contributed by atoms with E-state index in [2.05, 4.69) is 20.6 Å². The minimum Gasteiger partial charge on any atom is -0.491 e. The van der Waals surface area contributed by atoms with Gasteiger partial charge < -0.3 is 15.4 Å². The normalized spacial score (nSPS) is 10.6. The Balaban J connectivity index is 1.60. The predicted octanol–water partition coefficient (Wildman–Crippen LogP) is 5.27. The number of hydrogen-bond donors (Lipinski definition) is 2. The van der Waals surface area contributed by atoms with Gasteiger partial charge in [-0.15, -0.1) is 0 Å². The molecule has 0 radical (unpaired) electrons. The lowest BCUT2D eigenvalue weighted by molar-refractivity contribution is 0.242. The Hall–Kier alpha value is -2.79. The number of benzene rings is 2. The summed E-state index contributed by atoms with van der Waals surface area (Å²) in [6, 6.07) is 17.4. The van der Waals surface area contributed by atoms with Crippen molar-refractivity contribution in [1.29, 1.82) is 0 Å². The molecule has 1 heterocycles. The summed E-state index contributed by atoms with van der Waals surface area (Å²) in [6.45, 7) is 4.67. The smallest absolute Gasteiger partial charge is 0.135 e. The van der Waals surface area contributed by atoms with Crippen LogP contribution in [0.5, 0.6) is 5.75 Å². The van der Waals surface area contributed by atoms with Gasteiger partial charge in [0.15, 0.2) is 0 Å². The van der Waals surface area contributed by atoms with E-state index in [1.54, 1.807) is 0 Å². The summed E-state index contributed by atoms with van der Waals surface area (Å²) in [5, 5.41) is 7.28. The zero-order chi connectivity index (χ0) is 18.4. The van der Waals surface area contributed by atoms with Gasteiger partial charge in [0, 0.05) is 23.3 Å². The maximum atomic E-state index is 5.90. The first kappa shape index (κ1) is 18.0. The predicted molar refractivity (Wildman–Crippen MR) is 106 cm³/mol. The number of halogens is 1. The van der Waals surface area contributed by atoms with Crippen LogP contribution in [0.3, 0.4) is 0 Å². The van der Waals surface area contributed by atoms with Crippen molar-refractivity contribution in [2.75, 3.05) is 10.6 Å². The molecule has 0 atom stereocenters. The van der Waals surface area contributed by atoms with Crippen molar-refractivity contribution in [3.63, 3.8) is 0 Å². The number of aromatic nitrogens is 2. The van der Waals surface area contributed by atoms with Crippen LogP contribution in [-0.4, -0.2) is 16.1 Å². The highest BCUT2D eigenvalue weighted by atomic mass is 35.5. The van der Waals surface area contributed by atoms with Crippen LogP contribution in [0, 0.1) is 0 Å². The molecule has 0 aliphatic heterocycles. The maximum Gasteiger partial charge on any atom is 0.135 e. The average Bonchev–Trinajstić information content (AvgIpc) is 2.63. The minimum absolute atomic E-state index is 0.157. The Kier molecular flexibility index (Phi) is 5.92. The van der Waals surface area contributed by atoms with Crippen molar-refractivity contribution in [2.24, 2.45) is 0 Å². The van der Waals surface area contributed by atoms with E-state index in [1.165, 1.54) is 6.33 Å². The summed E-state index contributed by atoms with van der Waals surface area (Å²) in [7, 11) is 0. The molecule has 0 amide bonds. The first-order chi connectivity index (χ1) is 12.6. The molecule has 134 valence electrons. The Morgan fingerprint density at radius 3 is 2.35 bits per heavy atom. The summed E-state index contributed by atoms with van der Waals surface area (Å²) in [5.74, 6) is 2.31. The molecule has 0 spiro atoms. The summed E-state index contributed by atoms with van der Waals surface area (Å²) in [5.41, 5.74) is 2.06. The molecular formula is C20H21ClN4O. The van der Waals surface area contributed by atoms with Crippen molar-refractivity contribution < 1.29 is 4.74 Å². The maximum absolute atomic E-state index is 5.90. The van der Waals surface area contributed by atoms with E-state index in [1.807, 2.05) is 68.4 Å². The summed E-state index contributed by atoms with van der Waals surface area (Å²) >= 11 is 5.90. The van der Waals surface area contributed by atoms with Crippen LogP contribution in [0.1, 0.15) is 19.4 Å². The van der Waals surface area contributed by atoms with Crippen molar-refractivity contribution >= 4 is 28.9 Å². The van der Waals surface area contributed by atoms with Crippen molar-refractivity contribution in [1.82, 2.24) is 9.97 Å². The average molecular weight is 369 g/mol. The standard InChI is InChI=1S/C20H21ClN4O/c1-14(2)26-18-9-7-17(8-10-18)25-20-11-19(23-13-24-20)22-12-15-3-5-16(21)6-4-15/h3-11,13-14H,12H2,1-2H3,(H2,22,23,24,25). The van der Waals surface area contributed by atoms with Crippen molar-refractivity contribution in [3.8, 4) is 5.75 Å². The van der Waals surface area contributed by atoms with Gasteiger partial charge in [-0.1, -0.05) is 23.7 Å². The van der Waals surface area contributed by atoms with Gasteiger partial charge in [0.25, 0.3) is 0 Å². The third-order valence-corrected chi connectivity index (χ3v) is 3.80. The van der Waals surface area contributed by atoms with Gasteiger partial charge in [-0.25, -0.2) is 9.97 Å². The van der Waals surface area contributed by atoms with Gasteiger partial charge in [0.2, 0.25) is 0 Å². The van der Waals surface area contributed by atoms with Crippen LogP contribution < -0.4 is 15.4 Å². The van der Waals surface area contributed by atoms with E-state index in [-0.39, 0.29) is 6.10 Å². The first-order valence-electron chi connectivity index (χ1n) is 8.42. The quantitative estimate of drug-likeness (QED) is 0.594. The number of hydrogen-bond acceptors (Lipinski definition) is 5. The largest absolute Gasteiger partial charge is 0.491 e. The van der Waals surface area contributed by atoms with E-state index >= 15 is 0 Å². The Labute approximate surface area is 158 Å². The molecule has 0 saturated carbocycles. The molecule has 0 bridgehead atoms. The van der Waals surface area contributed by atoms with E-state index in [0.717, 1.165) is 33.7 Å². The van der Waals surface area contributed by atoms with E-state index in [0.29, 0.717) is 6.54 Å². The molecule has 0 unspecified atom stereocenters. The highest BCUT2D eigenvalue weighted by Crippen LogP contribution is 2.21. The van der Waals surface area contributed by atoms with Crippen LogP contribution in [0.2, 0.25) is 5.02 Å². The van der Waals surface area contributed by atoms with E-state index in [4.69, 9.17) is 16.3 Å². The highest BCUT2D eigenvalue weighted by Gasteiger charge is 2.02. The lowest BCUT2D eigenvalue weighted by Crippen LogP contribution is -2.05. The summed E-state index contributed by atoms with van der Waals surface area (Å²) in [6.07, 6.45) is 1.69. The molecule has 0 saturated heterocycles. The molecule has 2 N–H and O–H groups in total. The Bertz CT molecular complexity index is 835.